The molecule has 0 aromatic heterocycles. The fourth-order valence-electron chi connectivity index (χ4n) is 5.61. The number of nitrogens with zero attached hydrogens (tertiary/aromatic N) is 4. The van der Waals surface area contributed by atoms with Gasteiger partial charge in [-0.1, -0.05) is 24.3 Å². The van der Waals surface area contributed by atoms with Gasteiger partial charge in [-0.15, -0.1) is 0 Å². The molecular formula is C35H24Li4N6O13S4. The van der Waals surface area contributed by atoms with Crippen molar-refractivity contribution in [2.45, 2.75) is 33.4 Å². The van der Waals surface area contributed by atoms with E-state index >= 15 is 0 Å². The first kappa shape index (κ1) is 55.1. The van der Waals surface area contributed by atoms with Crippen LogP contribution in [0.1, 0.15) is 11.1 Å². The molecule has 0 bridgehead atoms. The Hall–Kier alpha value is -3.02. The fourth-order valence-corrected chi connectivity index (χ4v) is 8.04. The zero-order chi connectivity index (χ0) is 41.6. The van der Waals surface area contributed by atoms with Crippen LogP contribution in [-0.4, -0.2) is 32.0 Å². The summed E-state index contributed by atoms with van der Waals surface area (Å²) in [5.41, 5.74) is 2.91. The van der Waals surface area contributed by atoms with Gasteiger partial charge in [0.1, 0.15) is 20.2 Å². The normalized spacial score (nSPS) is 11.5. The monoisotopic (exact) mass is 892 g/mol. The van der Waals surface area contributed by atoms with Crippen molar-refractivity contribution in [1.29, 1.82) is 0 Å². The summed E-state index contributed by atoms with van der Waals surface area (Å²) in [6.07, 6.45) is 0. The molecule has 19 nitrogen and oxygen atoms in total. The summed E-state index contributed by atoms with van der Waals surface area (Å²) in [4.78, 5) is 12.4. The van der Waals surface area contributed by atoms with Gasteiger partial charge in [-0.3, -0.25) is 10.1 Å². The Morgan fingerprint density at radius 2 is 1.00 bits per heavy atom. The summed E-state index contributed by atoms with van der Waals surface area (Å²) in [5.74, 6) is 0. The second-order valence-corrected chi connectivity index (χ2v) is 16.1. The van der Waals surface area contributed by atoms with E-state index in [2.05, 4.69) is 49.8 Å². The fraction of sp³-hybridized carbons (Fsp3) is 0.0571. The van der Waals surface area contributed by atoms with Gasteiger partial charge in [0.05, 0.1) is 56.6 Å². The minimum Gasteiger partial charge on any atom is -0.744 e. The Balaban J connectivity index is 0.00000331. The maximum atomic E-state index is 13.0. The van der Waals surface area contributed by atoms with Crippen molar-refractivity contribution < 1.29 is 135 Å². The average molecular weight is 893 g/mol. The molecule has 0 saturated carbocycles. The molecule has 2 amide bonds. The Morgan fingerprint density at radius 3 is 1.52 bits per heavy atom. The van der Waals surface area contributed by atoms with Crippen molar-refractivity contribution in [3.8, 4) is 0 Å². The number of carbonyl (C=O) groups excluding carboxylic acids is 1. The van der Waals surface area contributed by atoms with E-state index in [4.69, 9.17) is 0 Å². The molecule has 0 aliphatic heterocycles. The van der Waals surface area contributed by atoms with Crippen molar-refractivity contribution in [2.24, 2.45) is 20.5 Å². The summed E-state index contributed by atoms with van der Waals surface area (Å²) < 4.78 is 80.7. The van der Waals surface area contributed by atoms with E-state index in [-0.39, 0.29) is 113 Å². The van der Waals surface area contributed by atoms with Crippen LogP contribution in [0.25, 0.3) is 21.5 Å². The van der Waals surface area contributed by atoms with Crippen LogP contribution in [0.4, 0.5) is 38.9 Å². The number of hydrogen-bond donors (Lipinski definition) is 2. The zero-order valence-corrected chi connectivity index (χ0v) is 36.7. The van der Waals surface area contributed by atoms with E-state index in [1.807, 2.05) is 0 Å². The molecule has 6 aromatic carbocycles. The van der Waals surface area contributed by atoms with Crippen LogP contribution in [0.15, 0.2) is 137 Å². The van der Waals surface area contributed by atoms with Crippen molar-refractivity contribution in [1.82, 2.24) is 0 Å². The number of fused-ring (bicyclic) bond motifs is 2. The molecule has 300 valence electrons. The second-order valence-electron chi connectivity index (χ2n) is 11.9. The minimum atomic E-state index is -4.94. The number of rotatable bonds is 14. The van der Waals surface area contributed by atoms with Gasteiger partial charge < -0.3 is 30.3 Å². The van der Waals surface area contributed by atoms with Crippen LogP contribution in [0.2, 0.25) is 0 Å². The summed E-state index contributed by atoms with van der Waals surface area (Å²) in [5, 5.41) is 50.4. The van der Waals surface area contributed by atoms with E-state index in [0.717, 1.165) is 12.1 Å². The Labute approximate surface area is 410 Å². The predicted octanol–water partition coefficient (Wildman–Crippen LogP) is -4.63. The van der Waals surface area contributed by atoms with Gasteiger partial charge in [0.2, 0.25) is 0 Å². The van der Waals surface area contributed by atoms with Crippen LogP contribution in [-0.2, 0) is 39.0 Å². The summed E-state index contributed by atoms with van der Waals surface area (Å²) in [7, 11) is -9.81. The Kier molecular flexibility index (Phi) is 21.6. The molecule has 0 atom stereocenters. The molecule has 6 rings (SSSR count). The van der Waals surface area contributed by atoms with Gasteiger partial charge in [0.25, 0.3) is 0 Å². The van der Waals surface area contributed by atoms with E-state index in [0.29, 0.717) is 63.3 Å². The number of benzene rings is 6. The summed E-state index contributed by atoms with van der Waals surface area (Å²) in [6.45, 7) is 3.43. The van der Waals surface area contributed by atoms with Crippen molar-refractivity contribution in [3.05, 3.63) is 108 Å². The van der Waals surface area contributed by atoms with E-state index < -0.39 is 36.1 Å². The SMILES string of the molecule is Cc1cc(N=Nc2cc(S(=O)(=O)[O-])c3cccc(SOO[O-])c3c2)ccc1NC(=O)Nc1ccc(N=Nc2cc(SOO[O-])c3cccc(S(=O)(=O)[O-])c3c2)cc1C.[Li+].[Li+].[Li+].[Li+]. The molecule has 0 aliphatic carbocycles. The molecule has 0 heterocycles. The minimum absolute atomic E-state index is 0. The number of carbonyl (C=O) groups is 1. The van der Waals surface area contributed by atoms with Crippen LogP contribution < -0.4 is 96.6 Å². The first-order chi connectivity index (χ1) is 27.6. The molecule has 0 saturated heterocycles. The Morgan fingerprint density at radius 1 is 0.532 bits per heavy atom. The number of nitrogens with one attached hydrogen (secondary N) is 2. The van der Waals surface area contributed by atoms with Crippen LogP contribution >= 0.6 is 24.1 Å². The molecule has 62 heavy (non-hydrogen) atoms. The number of azo groups is 2. The zero-order valence-electron chi connectivity index (χ0n) is 33.5. The molecular weight excluding hydrogens is 868 g/mol. The number of aryl methyl sites for hydroxylation is 2. The molecule has 0 aliphatic rings. The first-order valence-electron chi connectivity index (χ1n) is 16.1. The smallest absolute Gasteiger partial charge is 0.744 e. The van der Waals surface area contributed by atoms with Gasteiger partial charge in [0.15, 0.2) is 0 Å². The van der Waals surface area contributed by atoms with E-state index in [9.17, 15) is 41.3 Å². The molecule has 6 aromatic rings. The molecule has 0 unspecified atom stereocenters. The topological polar surface area (TPSA) is 288 Å². The third kappa shape index (κ3) is 14.0. The van der Waals surface area contributed by atoms with Crippen molar-refractivity contribution in [2.75, 3.05) is 10.6 Å². The number of anilines is 2. The van der Waals surface area contributed by atoms with E-state index in [1.165, 1.54) is 48.5 Å². The number of urea groups is 1. The van der Waals surface area contributed by atoms with Gasteiger partial charge in [-0.2, -0.15) is 29.1 Å². The number of amides is 2. The molecule has 0 spiro atoms. The van der Waals surface area contributed by atoms with Gasteiger partial charge >= 0.3 is 81.5 Å². The molecule has 0 fully saturated rings. The molecule has 27 heteroatoms. The molecule has 0 radical (unpaired) electrons. The van der Waals surface area contributed by atoms with Crippen LogP contribution in [0.5, 0.6) is 0 Å². The van der Waals surface area contributed by atoms with Crippen LogP contribution in [0.3, 0.4) is 0 Å². The third-order valence-electron chi connectivity index (χ3n) is 8.13. The number of hydrogen-bond acceptors (Lipinski definition) is 19. The quantitative estimate of drug-likeness (QED) is 0.0260. The summed E-state index contributed by atoms with van der Waals surface area (Å²) >= 11 is 1.01. The predicted molar refractivity (Wildman–Crippen MR) is 203 cm³/mol. The van der Waals surface area contributed by atoms with Crippen LogP contribution in [0, 0.1) is 13.8 Å². The first-order valence-corrected chi connectivity index (χ1v) is 20.4. The third-order valence-corrected chi connectivity index (χ3v) is 11.2. The Bertz CT molecular complexity index is 2860. The standard InChI is InChI=1S/C35H28N6O13S4.4Li/c1-19-13-21(38-40-23-16-28-25(32(17-23)56-54-52-44)5-4-8-33(28)57(45,46)47)9-11-29(19)36-35(42)37-30-12-10-22(14-20(30)2)39-41-24-15-27-26(34(18-24)58(48,49)50)6-3-7-31(27)55-53-51-43;;;;/h3-18,43-44H,1-2H3,(H2,36,37,42)(H,45,46,47)(H,48,49,50);;;;/q;4*+1/p-4. The second kappa shape index (κ2) is 24.3. The average Bonchev–Trinajstić information content (AvgIpc) is 3.18. The summed E-state index contributed by atoms with van der Waals surface area (Å²) in [6, 6.07) is 22.7. The maximum absolute atomic E-state index is 13.0. The van der Waals surface area contributed by atoms with Crippen molar-refractivity contribution in [3.63, 3.8) is 0 Å². The molecule has 2 N–H and O–H groups in total. The van der Waals surface area contributed by atoms with Crippen molar-refractivity contribution >= 4 is 106 Å². The van der Waals surface area contributed by atoms with E-state index in [1.54, 1.807) is 50.2 Å². The van der Waals surface area contributed by atoms with Gasteiger partial charge in [-0.05, 0) is 103 Å². The maximum Gasteiger partial charge on any atom is 1.00 e. The van der Waals surface area contributed by atoms with Gasteiger partial charge in [0, 0.05) is 37.3 Å². The largest absolute Gasteiger partial charge is 1.00 e. The van der Waals surface area contributed by atoms with Gasteiger partial charge in [-0.25, -0.2) is 21.6 Å².